The summed E-state index contributed by atoms with van der Waals surface area (Å²) in [5, 5.41) is 12.3. The number of carboxylic acids is 1. The predicted molar refractivity (Wildman–Crippen MR) is 101 cm³/mol. The number of hydrogen-bond donors (Lipinski definition) is 3. The molecule has 1 amide bonds. The first kappa shape index (κ1) is 20.0. The van der Waals surface area contributed by atoms with Crippen molar-refractivity contribution in [1.82, 2.24) is 25.3 Å². The van der Waals surface area contributed by atoms with E-state index in [2.05, 4.69) is 25.3 Å². The molecule has 2 aromatic heterocycles. The Morgan fingerprint density at radius 3 is 2.89 bits per heavy atom. The number of piperidine rings is 1. The number of hydrogen-bond acceptors (Lipinski definition) is 7. The first-order chi connectivity index (χ1) is 13.4. The van der Waals surface area contributed by atoms with Gasteiger partial charge >= 0.3 is 5.97 Å². The first-order valence-corrected chi connectivity index (χ1v) is 9.19. The molecule has 0 aliphatic carbocycles. The lowest BCUT2D eigenvalue weighted by Gasteiger charge is -2.38. The molecular formula is C17H21ClN6O4. The molecule has 2 atom stereocenters. The monoisotopic (exact) mass is 408 g/mol. The molecule has 1 fully saturated rings. The van der Waals surface area contributed by atoms with E-state index >= 15 is 0 Å². The minimum atomic E-state index is -1.11. The number of aromatic nitrogens is 4. The fourth-order valence-corrected chi connectivity index (χ4v) is 3.40. The molecule has 2 aromatic rings. The molecule has 0 aromatic carbocycles. The Morgan fingerprint density at radius 2 is 2.25 bits per heavy atom. The van der Waals surface area contributed by atoms with Gasteiger partial charge in [-0.25, -0.2) is 19.7 Å². The molecule has 3 heterocycles. The van der Waals surface area contributed by atoms with Crippen molar-refractivity contribution in [2.45, 2.75) is 31.9 Å². The lowest BCUT2D eigenvalue weighted by Crippen LogP contribution is -2.55. The van der Waals surface area contributed by atoms with E-state index in [0.29, 0.717) is 42.6 Å². The maximum Gasteiger partial charge on any atom is 0.354 e. The summed E-state index contributed by atoms with van der Waals surface area (Å²) in [6, 6.07) is 1.19. The van der Waals surface area contributed by atoms with Crippen molar-refractivity contribution in [2.24, 2.45) is 0 Å². The number of amides is 1. The highest BCUT2D eigenvalue weighted by atomic mass is 35.5. The highest BCUT2D eigenvalue weighted by Gasteiger charge is 2.32. The van der Waals surface area contributed by atoms with Gasteiger partial charge in [-0.3, -0.25) is 4.79 Å². The van der Waals surface area contributed by atoms with Crippen LogP contribution in [0.1, 0.15) is 40.1 Å². The van der Waals surface area contributed by atoms with Crippen LogP contribution >= 0.6 is 11.6 Å². The van der Waals surface area contributed by atoms with Crippen molar-refractivity contribution in [2.75, 3.05) is 25.1 Å². The van der Waals surface area contributed by atoms with Crippen molar-refractivity contribution in [3.63, 3.8) is 0 Å². The van der Waals surface area contributed by atoms with E-state index in [0.717, 1.165) is 0 Å². The number of ether oxygens (including phenoxy) is 1. The molecule has 3 N–H and O–H groups in total. The van der Waals surface area contributed by atoms with Gasteiger partial charge < -0.3 is 25.0 Å². The van der Waals surface area contributed by atoms with E-state index in [-0.39, 0.29) is 29.6 Å². The van der Waals surface area contributed by atoms with Gasteiger partial charge in [-0.2, -0.15) is 0 Å². The second-order valence-corrected chi connectivity index (χ2v) is 6.72. The van der Waals surface area contributed by atoms with Crippen LogP contribution in [-0.2, 0) is 11.2 Å². The van der Waals surface area contributed by atoms with Crippen molar-refractivity contribution in [3.8, 4) is 0 Å². The largest absolute Gasteiger partial charge is 0.477 e. The molecule has 0 unspecified atom stereocenters. The summed E-state index contributed by atoms with van der Waals surface area (Å²) in [7, 11) is 1.56. The Morgan fingerprint density at radius 1 is 1.46 bits per heavy atom. The zero-order chi connectivity index (χ0) is 20.3. The Hall–Kier alpha value is -2.72. The molecule has 1 saturated heterocycles. The Labute approximate surface area is 166 Å². The maximum absolute atomic E-state index is 12.5. The quantitative estimate of drug-likeness (QED) is 0.647. The topological polar surface area (TPSA) is 133 Å². The number of rotatable bonds is 6. The van der Waals surface area contributed by atoms with Crippen LogP contribution in [0, 0.1) is 0 Å². The number of aryl methyl sites for hydroxylation is 1. The van der Waals surface area contributed by atoms with Crippen LogP contribution in [-0.4, -0.2) is 69.3 Å². The summed E-state index contributed by atoms with van der Waals surface area (Å²) in [6.45, 7) is 2.93. The molecule has 1 aliphatic heterocycles. The number of anilines is 1. The summed E-state index contributed by atoms with van der Waals surface area (Å²) < 4.78 is 5.55. The average molecular weight is 409 g/mol. The first-order valence-electron chi connectivity index (χ1n) is 8.81. The predicted octanol–water partition coefficient (Wildman–Crippen LogP) is 1.14. The van der Waals surface area contributed by atoms with E-state index in [1.807, 2.05) is 11.8 Å². The van der Waals surface area contributed by atoms with Gasteiger partial charge in [-0.1, -0.05) is 18.5 Å². The van der Waals surface area contributed by atoms with Gasteiger partial charge in [0.05, 0.1) is 17.8 Å². The molecule has 1 aliphatic rings. The second kappa shape index (κ2) is 8.53. The van der Waals surface area contributed by atoms with Crippen LogP contribution in [0.3, 0.4) is 0 Å². The molecular weight excluding hydrogens is 388 g/mol. The Balaban J connectivity index is 1.68. The number of aromatic carboxylic acids is 1. The van der Waals surface area contributed by atoms with Crippen LogP contribution < -0.4 is 10.2 Å². The molecule has 0 bridgehead atoms. The third-order valence-corrected chi connectivity index (χ3v) is 4.98. The number of carbonyl (C=O) groups excluding carboxylic acids is 1. The van der Waals surface area contributed by atoms with E-state index in [9.17, 15) is 9.59 Å². The zero-order valence-corrected chi connectivity index (χ0v) is 16.2. The van der Waals surface area contributed by atoms with E-state index in [4.69, 9.17) is 21.4 Å². The molecule has 28 heavy (non-hydrogen) atoms. The summed E-state index contributed by atoms with van der Waals surface area (Å²) in [5.41, 5.74) is 0.638. The number of aromatic amines is 1. The van der Waals surface area contributed by atoms with Crippen molar-refractivity contribution >= 4 is 29.3 Å². The van der Waals surface area contributed by atoms with Crippen LogP contribution in [0.5, 0.6) is 0 Å². The molecule has 3 rings (SSSR count). The molecule has 0 saturated carbocycles. The normalized spacial score (nSPS) is 19.5. The molecule has 0 radical (unpaired) electrons. The van der Waals surface area contributed by atoms with Gasteiger partial charge in [-0.05, 0) is 12.8 Å². The summed E-state index contributed by atoms with van der Waals surface area (Å²) >= 11 is 6.00. The summed E-state index contributed by atoms with van der Waals surface area (Å²) in [4.78, 5) is 40.4. The lowest BCUT2D eigenvalue weighted by molar-refractivity contribution is 0.0536. The fraction of sp³-hybridized carbons (Fsp3) is 0.471. The summed E-state index contributed by atoms with van der Waals surface area (Å²) in [6.07, 6.45) is 2.15. The molecule has 10 nitrogen and oxygen atoms in total. The molecule has 11 heteroatoms. The number of methoxy groups -OCH3 is 1. The SMILES string of the molecule is CCc1[nH]c(C(=O)N[C@H]2CCN(c3cc(C(=O)O)ncn3)C[C@H]2OC)nc1Cl. The maximum atomic E-state index is 12.5. The van der Waals surface area contributed by atoms with Gasteiger partial charge in [0.1, 0.15) is 12.1 Å². The van der Waals surface area contributed by atoms with Gasteiger partial charge in [0.2, 0.25) is 0 Å². The van der Waals surface area contributed by atoms with E-state index in [1.54, 1.807) is 7.11 Å². The minimum absolute atomic E-state index is 0.0733. The molecule has 0 spiro atoms. The fourth-order valence-electron chi connectivity index (χ4n) is 3.13. The van der Waals surface area contributed by atoms with Crippen molar-refractivity contribution < 1.29 is 19.4 Å². The number of halogens is 1. The highest BCUT2D eigenvalue weighted by molar-refractivity contribution is 6.30. The van der Waals surface area contributed by atoms with E-state index in [1.165, 1.54) is 12.4 Å². The van der Waals surface area contributed by atoms with Crippen LogP contribution in [0.25, 0.3) is 0 Å². The number of carbonyl (C=O) groups is 2. The van der Waals surface area contributed by atoms with E-state index < -0.39 is 5.97 Å². The third-order valence-electron chi connectivity index (χ3n) is 4.67. The summed E-state index contributed by atoms with van der Waals surface area (Å²) in [5.74, 6) is -0.791. The van der Waals surface area contributed by atoms with Crippen molar-refractivity contribution in [3.05, 3.63) is 34.8 Å². The number of carboxylic acid groups (broad SMARTS) is 1. The minimum Gasteiger partial charge on any atom is -0.477 e. The van der Waals surface area contributed by atoms with Crippen LogP contribution in [0.2, 0.25) is 5.15 Å². The Bertz CT molecular complexity index is 873. The Kier molecular flexibility index (Phi) is 6.10. The second-order valence-electron chi connectivity index (χ2n) is 6.36. The number of H-pyrrole nitrogens is 1. The van der Waals surface area contributed by atoms with Gasteiger partial charge in [-0.15, -0.1) is 0 Å². The van der Waals surface area contributed by atoms with Crippen molar-refractivity contribution in [1.29, 1.82) is 0 Å². The van der Waals surface area contributed by atoms with Gasteiger partial charge in [0.15, 0.2) is 16.7 Å². The lowest BCUT2D eigenvalue weighted by atomic mass is 10.0. The van der Waals surface area contributed by atoms with Crippen LogP contribution in [0.15, 0.2) is 12.4 Å². The third kappa shape index (κ3) is 4.23. The van der Waals surface area contributed by atoms with Gasteiger partial charge in [0.25, 0.3) is 5.91 Å². The zero-order valence-electron chi connectivity index (χ0n) is 15.5. The highest BCUT2D eigenvalue weighted by Crippen LogP contribution is 2.21. The average Bonchev–Trinajstić information content (AvgIpc) is 3.09. The number of nitrogens with one attached hydrogen (secondary N) is 2. The van der Waals surface area contributed by atoms with Crippen LogP contribution in [0.4, 0.5) is 5.82 Å². The van der Waals surface area contributed by atoms with Gasteiger partial charge in [0, 0.05) is 26.3 Å². The smallest absolute Gasteiger partial charge is 0.354 e. The number of imidazole rings is 1. The standard InChI is InChI=1S/C17H21ClN6O4/c1-3-9-14(18)23-15(21-9)16(25)22-10-4-5-24(7-12(10)28-2)13-6-11(17(26)27)19-8-20-13/h6,8,10,12H,3-5,7H2,1-2H3,(H,21,23)(H,22,25)(H,26,27)/t10-,12+/m0/s1. The number of nitrogens with zero attached hydrogens (tertiary/aromatic N) is 4. The molecule has 150 valence electrons.